The van der Waals surface area contributed by atoms with Gasteiger partial charge in [0.15, 0.2) is 4.80 Å². The molecule has 4 rings (SSSR count). The van der Waals surface area contributed by atoms with Crippen molar-refractivity contribution in [3.05, 3.63) is 44.6 Å². The second-order valence-electron chi connectivity index (χ2n) is 9.44. The van der Waals surface area contributed by atoms with Crippen LogP contribution in [0, 0.1) is 0 Å². The van der Waals surface area contributed by atoms with Crippen LogP contribution in [0.3, 0.4) is 0 Å². The van der Waals surface area contributed by atoms with Crippen molar-refractivity contribution >= 4 is 73.4 Å². The molecule has 1 aliphatic carbocycles. The Morgan fingerprint density at radius 3 is 2.60 bits per heavy atom. The summed E-state index contributed by atoms with van der Waals surface area (Å²) in [7, 11) is 1.34. The molecule has 0 saturated carbocycles. The number of carbonyl (C=O) groups excluding carboxylic acids is 4. The van der Waals surface area contributed by atoms with Gasteiger partial charge in [0.1, 0.15) is 5.00 Å². The van der Waals surface area contributed by atoms with Crippen LogP contribution >= 0.6 is 34.4 Å². The Balaban J connectivity index is 1.44. The topological polar surface area (TPSA) is 125 Å². The number of hydrogen-bond donors (Lipinski definition) is 1. The molecule has 0 spiro atoms. The summed E-state index contributed by atoms with van der Waals surface area (Å²) in [6, 6.07) is 5.26. The van der Waals surface area contributed by atoms with Crippen LogP contribution in [0.4, 0.5) is 5.00 Å². The molecular formula is C29H35N3O7S3. The number of thioether (sulfide) groups is 1. The smallest absolute Gasteiger partial charge is 0.341 e. The SMILES string of the molecule is CCOCCn1c(=NC(=O)CSCC(=O)Nc2sc3c(c2C(=O)OC)CCCCC3)sc2cc(C(=O)OCC)ccc21. The van der Waals surface area contributed by atoms with E-state index < -0.39 is 11.9 Å². The standard InChI is InChI=1S/C29H35N3O7S3/c1-4-38-14-13-32-20-12-11-18(27(35)39-5-2)15-22(20)42-29(32)31-24(34)17-40-16-23(33)30-26-25(28(36)37-3)19-9-7-6-8-10-21(19)41-26/h11-12,15H,4-10,13-14,16-17H2,1-3H3,(H,30,33). The number of methoxy groups -OCH3 is 1. The van der Waals surface area contributed by atoms with Gasteiger partial charge in [-0.2, -0.15) is 4.99 Å². The Kier molecular flexibility index (Phi) is 11.8. The van der Waals surface area contributed by atoms with Gasteiger partial charge in [0.25, 0.3) is 5.91 Å². The summed E-state index contributed by atoms with van der Waals surface area (Å²) in [6.07, 6.45) is 4.85. The number of anilines is 1. The van der Waals surface area contributed by atoms with Crippen LogP contribution in [-0.4, -0.2) is 66.8 Å². The lowest BCUT2D eigenvalue weighted by Crippen LogP contribution is -2.20. The number of hydrogen-bond acceptors (Lipinski definition) is 10. The zero-order valence-electron chi connectivity index (χ0n) is 24.0. The quantitative estimate of drug-likeness (QED) is 0.171. The Morgan fingerprint density at radius 2 is 1.83 bits per heavy atom. The molecule has 0 bridgehead atoms. The van der Waals surface area contributed by atoms with Gasteiger partial charge in [0.2, 0.25) is 5.91 Å². The fourth-order valence-corrected chi connectivity index (χ4v) is 7.70. The Morgan fingerprint density at radius 1 is 1.02 bits per heavy atom. The van der Waals surface area contributed by atoms with Gasteiger partial charge in [-0.05, 0) is 63.3 Å². The van der Waals surface area contributed by atoms with Crippen LogP contribution in [0.5, 0.6) is 0 Å². The molecule has 1 aromatic carbocycles. The third kappa shape index (κ3) is 7.88. The third-order valence-electron chi connectivity index (χ3n) is 6.60. The zero-order valence-corrected chi connectivity index (χ0v) is 26.4. The van der Waals surface area contributed by atoms with Gasteiger partial charge in [-0.1, -0.05) is 17.8 Å². The summed E-state index contributed by atoms with van der Waals surface area (Å²) in [5.74, 6) is -1.49. The van der Waals surface area contributed by atoms with Crippen LogP contribution in [0.1, 0.15) is 64.3 Å². The summed E-state index contributed by atoms with van der Waals surface area (Å²) >= 11 is 3.90. The van der Waals surface area contributed by atoms with Gasteiger partial charge < -0.3 is 24.1 Å². The van der Waals surface area contributed by atoms with E-state index in [1.807, 2.05) is 17.6 Å². The number of carbonyl (C=O) groups is 4. The number of esters is 2. The molecule has 0 radical (unpaired) electrons. The highest BCUT2D eigenvalue weighted by Crippen LogP contribution is 2.38. The van der Waals surface area contributed by atoms with Crippen LogP contribution in [-0.2, 0) is 43.2 Å². The van der Waals surface area contributed by atoms with E-state index in [2.05, 4.69) is 10.3 Å². The zero-order chi connectivity index (χ0) is 30.1. The van der Waals surface area contributed by atoms with Crippen molar-refractivity contribution in [1.29, 1.82) is 0 Å². The van der Waals surface area contributed by atoms with Crippen molar-refractivity contribution in [3.63, 3.8) is 0 Å². The number of amides is 2. The predicted octanol–water partition coefficient (Wildman–Crippen LogP) is 4.83. The molecule has 1 aliphatic rings. The van der Waals surface area contributed by atoms with E-state index in [1.165, 1.54) is 29.8 Å². The summed E-state index contributed by atoms with van der Waals surface area (Å²) < 4.78 is 18.3. The Labute approximate surface area is 256 Å². The second-order valence-corrected chi connectivity index (χ2v) is 12.5. The van der Waals surface area contributed by atoms with Gasteiger partial charge in [-0.3, -0.25) is 9.59 Å². The first-order valence-corrected chi connectivity index (χ1v) is 16.7. The molecule has 3 aromatic rings. The van der Waals surface area contributed by atoms with Gasteiger partial charge in [0, 0.05) is 18.0 Å². The number of benzene rings is 1. The average molecular weight is 634 g/mol. The van der Waals surface area contributed by atoms with E-state index in [-0.39, 0.29) is 29.9 Å². The minimum Gasteiger partial charge on any atom is -0.465 e. The van der Waals surface area contributed by atoms with Crippen LogP contribution < -0.4 is 10.1 Å². The number of fused-ring (bicyclic) bond motifs is 2. The fraction of sp³-hybridized carbons (Fsp3) is 0.483. The lowest BCUT2D eigenvalue weighted by Gasteiger charge is -2.07. The summed E-state index contributed by atoms with van der Waals surface area (Å²) in [5.41, 5.74) is 2.70. The second kappa shape index (κ2) is 15.5. The van der Waals surface area contributed by atoms with Crippen LogP contribution in [0.15, 0.2) is 23.2 Å². The van der Waals surface area contributed by atoms with Gasteiger partial charge in [-0.25, -0.2) is 9.59 Å². The van der Waals surface area contributed by atoms with Crippen molar-refractivity contribution in [1.82, 2.24) is 4.57 Å². The highest BCUT2D eigenvalue weighted by atomic mass is 32.2. The minimum atomic E-state index is -0.443. The van der Waals surface area contributed by atoms with Gasteiger partial charge >= 0.3 is 11.9 Å². The van der Waals surface area contributed by atoms with Gasteiger partial charge in [0.05, 0.1) is 53.2 Å². The van der Waals surface area contributed by atoms with Crippen molar-refractivity contribution in [2.45, 2.75) is 52.5 Å². The average Bonchev–Trinajstić information content (AvgIpc) is 3.38. The Hall–Kier alpha value is -3.00. The van der Waals surface area contributed by atoms with Crippen LogP contribution in [0.2, 0.25) is 0 Å². The summed E-state index contributed by atoms with van der Waals surface area (Å²) in [4.78, 5) is 56.3. The molecule has 2 amide bonds. The highest BCUT2D eigenvalue weighted by molar-refractivity contribution is 8.00. The Bertz CT molecular complexity index is 1520. The number of aromatic nitrogens is 1. The molecule has 0 fully saturated rings. The van der Waals surface area contributed by atoms with E-state index >= 15 is 0 Å². The monoisotopic (exact) mass is 633 g/mol. The third-order valence-corrected chi connectivity index (χ3v) is 9.77. The molecule has 226 valence electrons. The fourth-order valence-electron chi connectivity index (χ4n) is 4.70. The maximum Gasteiger partial charge on any atom is 0.341 e. The molecular weight excluding hydrogens is 599 g/mol. The van der Waals surface area contributed by atoms with Crippen molar-refractivity contribution < 1.29 is 33.4 Å². The van der Waals surface area contributed by atoms with Crippen molar-refractivity contribution in [2.75, 3.05) is 43.8 Å². The molecule has 0 aliphatic heterocycles. The van der Waals surface area contributed by atoms with Crippen molar-refractivity contribution in [3.8, 4) is 0 Å². The maximum atomic E-state index is 12.8. The first-order valence-electron chi connectivity index (χ1n) is 13.9. The van der Waals surface area contributed by atoms with E-state index in [4.69, 9.17) is 14.2 Å². The highest BCUT2D eigenvalue weighted by Gasteiger charge is 2.26. The lowest BCUT2D eigenvalue weighted by atomic mass is 10.1. The van der Waals surface area contributed by atoms with E-state index in [0.717, 1.165) is 64.5 Å². The largest absolute Gasteiger partial charge is 0.465 e. The molecule has 10 nitrogen and oxygen atoms in total. The number of thiophene rings is 1. The molecule has 13 heteroatoms. The maximum absolute atomic E-state index is 12.8. The summed E-state index contributed by atoms with van der Waals surface area (Å²) in [6.45, 7) is 5.44. The normalized spacial score (nSPS) is 13.5. The first-order chi connectivity index (χ1) is 20.4. The molecule has 0 unspecified atom stereocenters. The number of ether oxygens (including phenoxy) is 3. The summed E-state index contributed by atoms with van der Waals surface area (Å²) in [5, 5.41) is 3.38. The number of nitrogens with one attached hydrogen (secondary N) is 1. The van der Waals surface area contributed by atoms with Crippen molar-refractivity contribution in [2.24, 2.45) is 4.99 Å². The minimum absolute atomic E-state index is 0.00595. The molecule has 42 heavy (non-hydrogen) atoms. The first kappa shape index (κ1) is 31.9. The molecule has 1 N–H and O–H groups in total. The predicted molar refractivity (Wildman–Crippen MR) is 166 cm³/mol. The molecule has 2 aromatic heterocycles. The lowest BCUT2D eigenvalue weighted by molar-refractivity contribution is -0.115. The molecule has 2 heterocycles. The number of rotatable bonds is 12. The molecule has 0 saturated heterocycles. The van der Waals surface area contributed by atoms with E-state index in [1.54, 1.807) is 19.1 Å². The molecule has 0 atom stereocenters. The van der Waals surface area contributed by atoms with Crippen LogP contribution in [0.25, 0.3) is 10.2 Å². The number of nitrogens with zero attached hydrogens (tertiary/aromatic N) is 2. The van der Waals surface area contributed by atoms with E-state index in [0.29, 0.717) is 40.7 Å². The number of aryl methyl sites for hydroxylation is 1. The van der Waals surface area contributed by atoms with E-state index in [9.17, 15) is 19.2 Å². The number of thiazole rings is 1. The van der Waals surface area contributed by atoms with Gasteiger partial charge in [-0.15, -0.1) is 23.1 Å².